The second kappa shape index (κ2) is 6.07. The smallest absolute Gasteiger partial charge is 0.256 e. The van der Waals surface area contributed by atoms with Gasteiger partial charge in [0.2, 0.25) is 10.0 Å². The van der Waals surface area contributed by atoms with Crippen molar-refractivity contribution in [3.8, 4) is 0 Å². The Morgan fingerprint density at radius 2 is 1.71 bits per heavy atom. The fourth-order valence-corrected chi connectivity index (χ4v) is 3.41. The minimum absolute atomic E-state index is 0.00165. The van der Waals surface area contributed by atoms with Gasteiger partial charge >= 0.3 is 0 Å². The Balaban J connectivity index is 1.98. The van der Waals surface area contributed by atoms with E-state index in [0.29, 0.717) is 16.8 Å². The summed E-state index contributed by atoms with van der Waals surface area (Å²) in [6.07, 6.45) is 0. The number of nitrogens with two attached hydrogens (primary N) is 1. The number of rotatable bonds is 3. The van der Waals surface area contributed by atoms with Crippen LogP contribution in [-0.4, -0.2) is 14.3 Å². The van der Waals surface area contributed by atoms with Gasteiger partial charge < -0.3 is 5.32 Å². The van der Waals surface area contributed by atoms with Gasteiger partial charge in [-0.3, -0.25) is 4.79 Å². The van der Waals surface area contributed by atoms with Crippen LogP contribution in [0.3, 0.4) is 0 Å². The molecule has 0 heterocycles. The topological polar surface area (TPSA) is 89.3 Å². The fraction of sp³-hybridized carbons (Fsp3) is 0.0556. The van der Waals surface area contributed by atoms with Crippen molar-refractivity contribution in [1.29, 1.82) is 0 Å². The Morgan fingerprint density at radius 3 is 2.46 bits per heavy atom. The Hall–Kier alpha value is -2.70. The number of hydrogen-bond acceptors (Lipinski definition) is 3. The number of benzene rings is 3. The van der Waals surface area contributed by atoms with E-state index in [1.165, 1.54) is 6.07 Å². The van der Waals surface area contributed by atoms with Crippen molar-refractivity contribution in [2.45, 2.75) is 11.8 Å². The molecule has 0 aliphatic heterocycles. The van der Waals surface area contributed by atoms with Crippen LogP contribution in [0.15, 0.2) is 65.6 Å². The number of sulfonamides is 1. The van der Waals surface area contributed by atoms with Crippen molar-refractivity contribution in [3.63, 3.8) is 0 Å². The summed E-state index contributed by atoms with van der Waals surface area (Å²) in [5.74, 6) is -0.309. The molecule has 1 amide bonds. The Kier molecular flexibility index (Phi) is 4.09. The Morgan fingerprint density at radius 1 is 1.00 bits per heavy atom. The van der Waals surface area contributed by atoms with E-state index < -0.39 is 10.0 Å². The van der Waals surface area contributed by atoms with Gasteiger partial charge in [-0.25, -0.2) is 13.6 Å². The van der Waals surface area contributed by atoms with Gasteiger partial charge in [0.1, 0.15) is 0 Å². The zero-order valence-electron chi connectivity index (χ0n) is 13.0. The van der Waals surface area contributed by atoms with E-state index in [9.17, 15) is 13.2 Å². The third kappa shape index (κ3) is 3.15. The lowest BCUT2D eigenvalue weighted by Crippen LogP contribution is -2.16. The molecule has 0 aliphatic carbocycles. The molecule has 0 atom stereocenters. The molecule has 3 N–H and O–H groups in total. The van der Waals surface area contributed by atoms with Crippen molar-refractivity contribution in [2.24, 2.45) is 5.14 Å². The van der Waals surface area contributed by atoms with Crippen LogP contribution < -0.4 is 10.5 Å². The molecule has 0 spiro atoms. The fourth-order valence-electron chi connectivity index (χ4n) is 2.61. The summed E-state index contributed by atoms with van der Waals surface area (Å²) < 4.78 is 23.2. The van der Waals surface area contributed by atoms with Gasteiger partial charge in [0.05, 0.1) is 4.90 Å². The van der Waals surface area contributed by atoms with Crippen LogP contribution in [-0.2, 0) is 10.0 Å². The summed E-state index contributed by atoms with van der Waals surface area (Å²) in [5, 5.41) is 9.72. The van der Waals surface area contributed by atoms with E-state index in [1.54, 1.807) is 25.1 Å². The van der Waals surface area contributed by atoms with E-state index in [0.717, 1.165) is 10.8 Å². The first-order chi connectivity index (χ1) is 11.4. The molecule has 0 aromatic heterocycles. The van der Waals surface area contributed by atoms with Crippen molar-refractivity contribution in [3.05, 3.63) is 71.8 Å². The maximum Gasteiger partial charge on any atom is 0.256 e. The quantitative estimate of drug-likeness (QED) is 0.768. The zero-order chi connectivity index (χ0) is 17.3. The summed E-state index contributed by atoms with van der Waals surface area (Å²) in [7, 11) is -3.84. The molecule has 3 aromatic rings. The zero-order valence-corrected chi connectivity index (χ0v) is 13.8. The van der Waals surface area contributed by atoms with Crippen LogP contribution in [0.2, 0.25) is 0 Å². The molecule has 0 saturated heterocycles. The second-order valence-corrected chi connectivity index (χ2v) is 7.04. The normalized spacial score (nSPS) is 11.4. The van der Waals surface area contributed by atoms with Gasteiger partial charge in [0.25, 0.3) is 5.91 Å². The predicted octanol–water partition coefficient (Wildman–Crippen LogP) is 3.05. The standard InChI is InChI=1S/C18H16N2O3S/c1-12-9-10-14(11-17(12)24(19,22)23)20-18(21)16-8-4-6-13-5-2-3-7-15(13)16/h2-11H,1H3,(H,20,21)(H2,19,22,23). The average Bonchev–Trinajstić information content (AvgIpc) is 2.55. The second-order valence-electron chi connectivity index (χ2n) is 5.51. The SMILES string of the molecule is Cc1ccc(NC(=O)c2cccc3ccccc23)cc1S(N)(=O)=O. The number of carbonyl (C=O) groups excluding carboxylic acids is 1. The number of primary sulfonamides is 1. The maximum absolute atomic E-state index is 12.6. The predicted molar refractivity (Wildman–Crippen MR) is 94.5 cm³/mol. The molecule has 0 fully saturated rings. The Bertz CT molecular complexity index is 1040. The first kappa shape index (κ1) is 16.2. The summed E-state index contributed by atoms with van der Waals surface area (Å²) in [6, 6.07) is 17.7. The van der Waals surface area contributed by atoms with Crippen LogP contribution in [0.25, 0.3) is 10.8 Å². The van der Waals surface area contributed by atoms with E-state index in [-0.39, 0.29) is 10.8 Å². The third-order valence-corrected chi connectivity index (χ3v) is 4.84. The lowest BCUT2D eigenvalue weighted by Gasteiger charge is -2.10. The molecule has 6 heteroatoms. The van der Waals surface area contributed by atoms with Crippen molar-refractivity contribution >= 4 is 32.4 Å². The molecular formula is C18H16N2O3S. The van der Waals surface area contributed by atoms with Gasteiger partial charge in [0.15, 0.2) is 0 Å². The van der Waals surface area contributed by atoms with Crippen LogP contribution in [0.1, 0.15) is 15.9 Å². The highest BCUT2D eigenvalue weighted by atomic mass is 32.2. The van der Waals surface area contributed by atoms with Gasteiger partial charge in [-0.2, -0.15) is 0 Å². The minimum Gasteiger partial charge on any atom is -0.322 e. The summed E-state index contributed by atoms with van der Waals surface area (Å²) in [5.41, 5.74) is 1.43. The molecule has 0 unspecified atom stereocenters. The Labute approximate surface area is 140 Å². The molecule has 24 heavy (non-hydrogen) atoms. The molecule has 0 aliphatic rings. The number of amides is 1. The maximum atomic E-state index is 12.6. The summed E-state index contributed by atoms with van der Waals surface area (Å²) in [6.45, 7) is 1.65. The summed E-state index contributed by atoms with van der Waals surface area (Å²) in [4.78, 5) is 12.6. The molecule has 0 radical (unpaired) electrons. The highest BCUT2D eigenvalue weighted by molar-refractivity contribution is 7.89. The van der Waals surface area contributed by atoms with Gasteiger partial charge in [-0.05, 0) is 41.5 Å². The molecule has 0 bridgehead atoms. The number of carbonyl (C=O) groups is 1. The highest BCUT2D eigenvalue weighted by Crippen LogP contribution is 2.22. The molecule has 3 rings (SSSR count). The van der Waals surface area contributed by atoms with Gasteiger partial charge in [-0.1, -0.05) is 42.5 Å². The lowest BCUT2D eigenvalue weighted by molar-refractivity contribution is 0.102. The van der Waals surface area contributed by atoms with Crippen molar-refractivity contribution in [2.75, 3.05) is 5.32 Å². The average molecular weight is 340 g/mol. The van der Waals surface area contributed by atoms with Gasteiger partial charge in [0, 0.05) is 11.3 Å². The van der Waals surface area contributed by atoms with Crippen molar-refractivity contribution < 1.29 is 13.2 Å². The van der Waals surface area contributed by atoms with E-state index in [1.807, 2.05) is 36.4 Å². The number of nitrogens with one attached hydrogen (secondary N) is 1. The number of fused-ring (bicyclic) bond motifs is 1. The summed E-state index contributed by atoms with van der Waals surface area (Å²) >= 11 is 0. The van der Waals surface area contributed by atoms with Gasteiger partial charge in [-0.15, -0.1) is 0 Å². The van der Waals surface area contributed by atoms with Crippen LogP contribution >= 0.6 is 0 Å². The molecular weight excluding hydrogens is 324 g/mol. The van der Waals surface area contributed by atoms with Crippen LogP contribution in [0.4, 0.5) is 5.69 Å². The number of anilines is 1. The lowest BCUT2D eigenvalue weighted by atomic mass is 10.0. The van der Waals surface area contributed by atoms with Crippen LogP contribution in [0.5, 0.6) is 0 Å². The van der Waals surface area contributed by atoms with E-state index in [2.05, 4.69) is 5.32 Å². The van der Waals surface area contributed by atoms with Crippen LogP contribution in [0, 0.1) is 6.92 Å². The minimum atomic E-state index is -3.84. The largest absolute Gasteiger partial charge is 0.322 e. The first-order valence-electron chi connectivity index (χ1n) is 7.29. The van der Waals surface area contributed by atoms with E-state index >= 15 is 0 Å². The molecule has 5 nitrogen and oxygen atoms in total. The molecule has 3 aromatic carbocycles. The first-order valence-corrected chi connectivity index (χ1v) is 8.83. The van der Waals surface area contributed by atoms with Crippen molar-refractivity contribution in [1.82, 2.24) is 0 Å². The number of hydrogen-bond donors (Lipinski definition) is 2. The monoisotopic (exact) mass is 340 g/mol. The molecule has 122 valence electrons. The molecule has 0 saturated carbocycles. The third-order valence-electron chi connectivity index (χ3n) is 3.79. The highest BCUT2D eigenvalue weighted by Gasteiger charge is 2.14. The number of aryl methyl sites for hydroxylation is 1. The van der Waals surface area contributed by atoms with E-state index in [4.69, 9.17) is 5.14 Å².